The van der Waals surface area contributed by atoms with Crippen molar-refractivity contribution in [3.05, 3.63) is 38.3 Å². The molecule has 0 aliphatic carbocycles. The molecule has 1 heterocycles. The van der Waals surface area contributed by atoms with Crippen LogP contribution in [-0.4, -0.2) is 29.0 Å². The number of hydrogen-bond donors (Lipinski definition) is 1. The highest BCUT2D eigenvalue weighted by molar-refractivity contribution is 9.10. The molecule has 5 nitrogen and oxygen atoms in total. The Morgan fingerprint density at radius 3 is 3.00 bits per heavy atom. The first kappa shape index (κ1) is 13.5. The number of piperidine rings is 1. The lowest BCUT2D eigenvalue weighted by molar-refractivity contribution is -0.385. The van der Waals surface area contributed by atoms with Gasteiger partial charge in [0, 0.05) is 35.2 Å². The van der Waals surface area contributed by atoms with E-state index in [0.29, 0.717) is 6.54 Å². The zero-order valence-corrected chi connectivity index (χ0v) is 11.6. The molecule has 98 valence electrons. The van der Waals surface area contributed by atoms with Crippen LogP contribution in [0.1, 0.15) is 18.4 Å². The van der Waals surface area contributed by atoms with Gasteiger partial charge in [-0.3, -0.25) is 15.0 Å². The van der Waals surface area contributed by atoms with Crippen LogP contribution in [0.25, 0.3) is 0 Å². The van der Waals surface area contributed by atoms with E-state index in [4.69, 9.17) is 5.73 Å². The van der Waals surface area contributed by atoms with Crippen molar-refractivity contribution in [2.45, 2.75) is 25.4 Å². The summed E-state index contributed by atoms with van der Waals surface area (Å²) in [4.78, 5) is 12.9. The average Bonchev–Trinajstić information content (AvgIpc) is 2.31. The second-order valence-corrected chi connectivity index (χ2v) is 5.58. The lowest BCUT2D eigenvalue weighted by Gasteiger charge is -2.30. The zero-order valence-electron chi connectivity index (χ0n) is 10.0. The summed E-state index contributed by atoms with van der Waals surface area (Å²) in [5, 5.41) is 11.0. The normalized spacial score (nSPS) is 20.9. The second-order valence-electron chi connectivity index (χ2n) is 4.67. The van der Waals surface area contributed by atoms with Gasteiger partial charge in [0.1, 0.15) is 0 Å². The molecule has 0 aromatic heterocycles. The molecular formula is C12H16BrN3O2. The minimum absolute atomic E-state index is 0.170. The fourth-order valence-corrected chi connectivity index (χ4v) is 2.67. The van der Waals surface area contributed by atoms with Crippen molar-refractivity contribution < 1.29 is 4.92 Å². The Kier molecular flexibility index (Phi) is 4.31. The lowest BCUT2D eigenvalue weighted by Crippen LogP contribution is -2.42. The third-order valence-electron chi connectivity index (χ3n) is 3.18. The number of nitro groups is 1. The highest BCUT2D eigenvalue weighted by atomic mass is 79.9. The van der Waals surface area contributed by atoms with Crippen molar-refractivity contribution in [1.82, 2.24) is 4.90 Å². The van der Waals surface area contributed by atoms with Crippen LogP contribution in [-0.2, 0) is 6.54 Å². The van der Waals surface area contributed by atoms with Crippen LogP contribution in [0.3, 0.4) is 0 Å². The molecule has 1 aromatic carbocycles. The van der Waals surface area contributed by atoms with E-state index in [9.17, 15) is 10.1 Å². The van der Waals surface area contributed by atoms with Crippen molar-refractivity contribution in [3.8, 4) is 0 Å². The first-order valence-electron chi connectivity index (χ1n) is 5.97. The van der Waals surface area contributed by atoms with Gasteiger partial charge in [-0.15, -0.1) is 0 Å². The molecule has 0 amide bonds. The van der Waals surface area contributed by atoms with Crippen LogP contribution in [0.15, 0.2) is 22.7 Å². The number of nitro benzene ring substituents is 1. The Morgan fingerprint density at radius 1 is 1.56 bits per heavy atom. The summed E-state index contributed by atoms with van der Waals surface area (Å²) in [6.45, 7) is 2.37. The predicted molar refractivity (Wildman–Crippen MR) is 73.3 cm³/mol. The van der Waals surface area contributed by atoms with E-state index in [-0.39, 0.29) is 16.7 Å². The van der Waals surface area contributed by atoms with E-state index >= 15 is 0 Å². The molecule has 1 unspecified atom stereocenters. The molecule has 1 aliphatic heterocycles. The number of nitrogens with zero attached hydrogens (tertiary/aromatic N) is 2. The first-order chi connectivity index (χ1) is 8.56. The van der Waals surface area contributed by atoms with Gasteiger partial charge in [0.25, 0.3) is 5.69 Å². The van der Waals surface area contributed by atoms with Gasteiger partial charge in [0.2, 0.25) is 0 Å². The summed E-state index contributed by atoms with van der Waals surface area (Å²) in [6, 6.07) is 5.39. The summed E-state index contributed by atoms with van der Waals surface area (Å²) in [7, 11) is 0. The molecule has 0 spiro atoms. The largest absolute Gasteiger partial charge is 0.327 e. The summed E-state index contributed by atoms with van der Waals surface area (Å²) in [5.74, 6) is 0. The summed E-state index contributed by atoms with van der Waals surface area (Å²) >= 11 is 3.26. The molecule has 1 atom stereocenters. The molecule has 6 heteroatoms. The fraction of sp³-hybridized carbons (Fsp3) is 0.500. The molecule has 18 heavy (non-hydrogen) atoms. The standard InChI is InChI=1S/C12H16BrN3O2/c13-10-4-3-9(12(6-10)16(17)18)7-15-5-1-2-11(14)8-15/h3-4,6,11H,1-2,5,7-8,14H2. The smallest absolute Gasteiger partial charge is 0.275 e. The van der Waals surface area contributed by atoms with Crippen molar-refractivity contribution in [1.29, 1.82) is 0 Å². The third-order valence-corrected chi connectivity index (χ3v) is 3.67. The third kappa shape index (κ3) is 3.28. The lowest BCUT2D eigenvalue weighted by atomic mass is 10.1. The van der Waals surface area contributed by atoms with E-state index in [1.54, 1.807) is 6.07 Å². The molecule has 1 saturated heterocycles. The van der Waals surface area contributed by atoms with Gasteiger partial charge in [0.15, 0.2) is 0 Å². The van der Waals surface area contributed by atoms with Gasteiger partial charge in [-0.25, -0.2) is 0 Å². The van der Waals surface area contributed by atoms with E-state index in [1.807, 2.05) is 12.1 Å². The number of halogens is 1. The number of benzene rings is 1. The predicted octanol–water partition coefficient (Wildman–Crippen LogP) is 2.28. The molecule has 2 N–H and O–H groups in total. The topological polar surface area (TPSA) is 72.4 Å². The Bertz CT molecular complexity index is 453. The van der Waals surface area contributed by atoms with Gasteiger partial charge >= 0.3 is 0 Å². The van der Waals surface area contributed by atoms with Crippen molar-refractivity contribution >= 4 is 21.6 Å². The molecule has 0 bridgehead atoms. The van der Waals surface area contributed by atoms with E-state index in [1.165, 1.54) is 0 Å². The van der Waals surface area contributed by atoms with E-state index in [2.05, 4.69) is 20.8 Å². The van der Waals surface area contributed by atoms with Crippen molar-refractivity contribution in [3.63, 3.8) is 0 Å². The van der Waals surface area contributed by atoms with Crippen molar-refractivity contribution in [2.75, 3.05) is 13.1 Å². The van der Waals surface area contributed by atoms with Gasteiger partial charge in [-0.1, -0.05) is 15.9 Å². The maximum atomic E-state index is 11.0. The Hall–Kier alpha value is -0.980. The minimum Gasteiger partial charge on any atom is -0.327 e. The van der Waals surface area contributed by atoms with Gasteiger partial charge < -0.3 is 5.73 Å². The number of rotatable bonds is 3. The average molecular weight is 314 g/mol. The highest BCUT2D eigenvalue weighted by Crippen LogP contribution is 2.25. The molecule has 1 fully saturated rings. The minimum atomic E-state index is -0.329. The van der Waals surface area contributed by atoms with E-state index in [0.717, 1.165) is 36.0 Å². The SMILES string of the molecule is NC1CCCN(Cc2ccc(Br)cc2[N+](=O)[O-])C1. The zero-order chi connectivity index (χ0) is 13.1. The van der Waals surface area contributed by atoms with Crippen molar-refractivity contribution in [2.24, 2.45) is 5.73 Å². The van der Waals surface area contributed by atoms with Gasteiger partial charge in [0.05, 0.1) is 4.92 Å². The molecule has 0 saturated carbocycles. The van der Waals surface area contributed by atoms with Crippen LogP contribution in [0.4, 0.5) is 5.69 Å². The molecule has 0 radical (unpaired) electrons. The number of hydrogen-bond acceptors (Lipinski definition) is 4. The summed E-state index contributed by atoms with van der Waals surface area (Å²) in [6.07, 6.45) is 2.10. The second kappa shape index (κ2) is 5.77. The van der Waals surface area contributed by atoms with Crippen LogP contribution < -0.4 is 5.73 Å². The Labute approximate surface area is 114 Å². The van der Waals surface area contributed by atoms with Crippen LogP contribution in [0.5, 0.6) is 0 Å². The van der Waals surface area contributed by atoms with Crippen LogP contribution in [0, 0.1) is 10.1 Å². The van der Waals surface area contributed by atoms with Gasteiger partial charge in [-0.05, 0) is 31.5 Å². The maximum Gasteiger partial charge on any atom is 0.275 e. The Morgan fingerprint density at radius 2 is 2.33 bits per heavy atom. The van der Waals surface area contributed by atoms with Crippen LogP contribution >= 0.6 is 15.9 Å². The monoisotopic (exact) mass is 313 g/mol. The summed E-state index contributed by atoms with van der Waals surface area (Å²) in [5.41, 5.74) is 6.84. The number of nitrogens with two attached hydrogens (primary N) is 1. The molecular weight excluding hydrogens is 298 g/mol. The molecule has 1 aromatic rings. The Balaban J connectivity index is 2.15. The number of likely N-dealkylation sites (tertiary alicyclic amines) is 1. The fourth-order valence-electron chi connectivity index (χ4n) is 2.32. The highest BCUT2D eigenvalue weighted by Gasteiger charge is 2.21. The van der Waals surface area contributed by atoms with Gasteiger partial charge in [-0.2, -0.15) is 0 Å². The van der Waals surface area contributed by atoms with Crippen LogP contribution in [0.2, 0.25) is 0 Å². The van der Waals surface area contributed by atoms with E-state index < -0.39 is 0 Å². The quantitative estimate of drug-likeness (QED) is 0.686. The maximum absolute atomic E-state index is 11.0. The summed E-state index contributed by atoms with van der Waals surface area (Å²) < 4.78 is 0.730. The molecule has 1 aliphatic rings. The first-order valence-corrected chi connectivity index (χ1v) is 6.76. The molecule has 2 rings (SSSR count).